The third-order valence-electron chi connectivity index (χ3n) is 11.7. The molecule has 0 aromatic heterocycles. The molecule has 2 aliphatic carbocycles. The van der Waals surface area contributed by atoms with Gasteiger partial charge in [-0.25, -0.2) is 0 Å². The van der Waals surface area contributed by atoms with Crippen LogP contribution in [0.1, 0.15) is 44.5 Å². The van der Waals surface area contributed by atoms with Gasteiger partial charge in [0.1, 0.15) is 11.5 Å². The Morgan fingerprint density at radius 2 is 0.686 bits per heavy atom. The zero-order chi connectivity index (χ0) is 33.6. The summed E-state index contributed by atoms with van der Waals surface area (Å²) in [6, 6.07) is 71.2. The number of ether oxygens (including phenoxy) is 1. The molecule has 0 saturated heterocycles. The zero-order valence-electron chi connectivity index (χ0n) is 27.9. The number of hydrogen-bond donors (Lipinski definition) is 0. The van der Waals surface area contributed by atoms with Gasteiger partial charge >= 0.3 is 0 Å². The van der Waals surface area contributed by atoms with E-state index in [-0.39, 0.29) is 0 Å². The Morgan fingerprint density at radius 3 is 1.25 bits per heavy atom. The van der Waals surface area contributed by atoms with Crippen molar-refractivity contribution in [3.8, 4) is 44.9 Å². The van der Waals surface area contributed by atoms with Gasteiger partial charge < -0.3 is 4.74 Å². The molecule has 1 heterocycles. The lowest BCUT2D eigenvalue weighted by Crippen LogP contribution is -2.32. The van der Waals surface area contributed by atoms with Crippen molar-refractivity contribution in [3.05, 3.63) is 239 Å². The van der Waals surface area contributed by atoms with Gasteiger partial charge in [0.2, 0.25) is 0 Å². The van der Waals surface area contributed by atoms with Gasteiger partial charge in [0.05, 0.1) is 10.8 Å². The quantitative estimate of drug-likeness (QED) is 0.185. The maximum absolute atomic E-state index is 6.81. The molecule has 0 radical (unpaired) electrons. The molecule has 1 spiro atoms. The molecule has 8 aromatic rings. The summed E-state index contributed by atoms with van der Waals surface area (Å²) in [7, 11) is 0. The molecular formula is C50H32O. The van der Waals surface area contributed by atoms with E-state index in [0.717, 1.165) is 22.6 Å². The molecule has 0 fully saturated rings. The number of para-hydroxylation sites is 1. The van der Waals surface area contributed by atoms with Crippen LogP contribution in [0.5, 0.6) is 11.5 Å². The van der Waals surface area contributed by atoms with Crippen LogP contribution in [-0.2, 0) is 10.8 Å². The monoisotopic (exact) mass is 648 g/mol. The number of benzene rings is 8. The Kier molecular flexibility index (Phi) is 5.86. The minimum absolute atomic E-state index is 0.411. The number of rotatable bonds is 3. The maximum Gasteiger partial charge on any atom is 0.132 e. The molecule has 1 aliphatic heterocycles. The normalized spacial score (nSPS) is 14.7. The Labute approximate surface area is 298 Å². The first kappa shape index (κ1) is 28.4. The van der Waals surface area contributed by atoms with Crippen LogP contribution in [0.15, 0.2) is 194 Å². The topological polar surface area (TPSA) is 9.23 Å². The largest absolute Gasteiger partial charge is 0.457 e. The Bertz CT molecular complexity index is 2570. The molecule has 0 bridgehead atoms. The number of hydrogen-bond acceptors (Lipinski definition) is 1. The Hall–Kier alpha value is -6.44. The van der Waals surface area contributed by atoms with E-state index < -0.39 is 10.8 Å². The molecule has 1 heteroatoms. The lowest BCUT2D eigenvalue weighted by molar-refractivity contribution is 0.436. The summed E-state index contributed by atoms with van der Waals surface area (Å²) in [6.45, 7) is 0. The van der Waals surface area contributed by atoms with Crippen molar-refractivity contribution in [2.45, 2.75) is 10.8 Å². The zero-order valence-corrected chi connectivity index (χ0v) is 27.9. The van der Waals surface area contributed by atoms with Gasteiger partial charge in [-0.3, -0.25) is 0 Å². The highest BCUT2D eigenvalue weighted by Gasteiger charge is 2.51. The molecule has 0 saturated carbocycles. The van der Waals surface area contributed by atoms with Crippen LogP contribution >= 0.6 is 0 Å². The van der Waals surface area contributed by atoms with Crippen LogP contribution in [0.4, 0.5) is 0 Å². The highest BCUT2D eigenvalue weighted by atomic mass is 16.5. The third kappa shape index (κ3) is 3.65. The fraction of sp³-hybridized carbons (Fsp3) is 0.0400. The van der Waals surface area contributed by atoms with E-state index in [1.54, 1.807) is 0 Å². The van der Waals surface area contributed by atoms with E-state index in [1.165, 1.54) is 66.8 Å². The Balaban J connectivity index is 1.08. The molecule has 0 atom stereocenters. The van der Waals surface area contributed by atoms with Crippen LogP contribution in [-0.4, -0.2) is 0 Å². The molecule has 1 nitrogen and oxygen atoms in total. The van der Waals surface area contributed by atoms with Crippen LogP contribution < -0.4 is 4.74 Å². The maximum atomic E-state index is 6.81. The SMILES string of the molecule is c1ccc(C2(c3ccc(-c4ccc5c(c4)Oc4ccccc4C54c5ccccc5-c5ccccc54)cc3)c3ccccc3-c3ccccc32)cc1. The standard InChI is InChI=1S/C50H32O/c1-2-14-35(15-3-1)49(41-20-8-4-16-37(41)38-17-5-9-21-42(38)49)36-29-26-33(27-30-36)34-28-31-46-48(32-34)51-47-25-13-12-24-45(47)50(46)43-22-10-6-18-39(43)40-19-7-11-23-44(40)50/h1-32H. The lowest BCUT2D eigenvalue weighted by atomic mass is 9.66. The fourth-order valence-corrected chi connectivity index (χ4v) is 9.67. The van der Waals surface area contributed by atoms with Gasteiger partial charge in [0, 0.05) is 11.1 Å². The van der Waals surface area contributed by atoms with Crippen LogP contribution in [0.25, 0.3) is 33.4 Å². The van der Waals surface area contributed by atoms with Crippen molar-refractivity contribution in [1.82, 2.24) is 0 Å². The van der Waals surface area contributed by atoms with E-state index in [1.807, 2.05) is 0 Å². The highest BCUT2D eigenvalue weighted by molar-refractivity contribution is 5.89. The smallest absolute Gasteiger partial charge is 0.132 e. The second-order valence-corrected chi connectivity index (χ2v) is 13.9. The van der Waals surface area contributed by atoms with E-state index in [9.17, 15) is 0 Å². The summed E-state index contributed by atoms with van der Waals surface area (Å²) in [5.74, 6) is 1.81. The summed E-state index contributed by atoms with van der Waals surface area (Å²) in [6.07, 6.45) is 0. The average Bonchev–Trinajstić information content (AvgIpc) is 3.67. The Morgan fingerprint density at radius 1 is 0.275 bits per heavy atom. The minimum Gasteiger partial charge on any atom is -0.457 e. The first-order valence-electron chi connectivity index (χ1n) is 17.8. The summed E-state index contributed by atoms with van der Waals surface area (Å²) < 4.78 is 6.81. The first-order chi connectivity index (χ1) is 25.3. The summed E-state index contributed by atoms with van der Waals surface area (Å²) in [5.41, 5.74) is 16.8. The molecule has 3 aliphatic rings. The molecule has 0 amide bonds. The summed E-state index contributed by atoms with van der Waals surface area (Å²) in [5, 5.41) is 0. The van der Waals surface area contributed by atoms with E-state index in [2.05, 4.69) is 194 Å². The van der Waals surface area contributed by atoms with Crippen molar-refractivity contribution in [2.24, 2.45) is 0 Å². The van der Waals surface area contributed by atoms with Gasteiger partial charge in [-0.2, -0.15) is 0 Å². The molecule has 238 valence electrons. The van der Waals surface area contributed by atoms with E-state index in [0.29, 0.717) is 0 Å². The molecule has 11 rings (SSSR count). The van der Waals surface area contributed by atoms with Gasteiger partial charge in [0.25, 0.3) is 0 Å². The van der Waals surface area contributed by atoms with Crippen molar-refractivity contribution >= 4 is 0 Å². The van der Waals surface area contributed by atoms with Crippen molar-refractivity contribution in [2.75, 3.05) is 0 Å². The lowest BCUT2D eigenvalue weighted by Gasteiger charge is -2.39. The molecule has 0 N–H and O–H groups in total. The van der Waals surface area contributed by atoms with Crippen LogP contribution in [0, 0.1) is 0 Å². The van der Waals surface area contributed by atoms with Crippen molar-refractivity contribution in [1.29, 1.82) is 0 Å². The minimum atomic E-state index is -0.453. The summed E-state index contributed by atoms with van der Waals surface area (Å²) in [4.78, 5) is 0. The predicted octanol–water partition coefficient (Wildman–Crippen LogP) is 12.2. The molecule has 51 heavy (non-hydrogen) atoms. The van der Waals surface area contributed by atoms with Gasteiger partial charge in [-0.1, -0.05) is 182 Å². The van der Waals surface area contributed by atoms with E-state index >= 15 is 0 Å². The predicted molar refractivity (Wildman–Crippen MR) is 207 cm³/mol. The van der Waals surface area contributed by atoms with E-state index in [4.69, 9.17) is 4.74 Å². The van der Waals surface area contributed by atoms with Gasteiger partial charge in [0.15, 0.2) is 0 Å². The summed E-state index contributed by atoms with van der Waals surface area (Å²) >= 11 is 0. The fourth-order valence-electron chi connectivity index (χ4n) is 9.67. The van der Waals surface area contributed by atoms with Gasteiger partial charge in [-0.15, -0.1) is 0 Å². The van der Waals surface area contributed by atoms with Gasteiger partial charge in [-0.05, 0) is 78.9 Å². The van der Waals surface area contributed by atoms with Crippen LogP contribution in [0.2, 0.25) is 0 Å². The second-order valence-electron chi connectivity index (χ2n) is 13.9. The molecular weight excluding hydrogens is 617 g/mol. The van der Waals surface area contributed by atoms with Crippen molar-refractivity contribution < 1.29 is 4.74 Å². The third-order valence-corrected chi connectivity index (χ3v) is 11.7. The molecule has 0 unspecified atom stereocenters. The molecule has 8 aromatic carbocycles. The highest BCUT2D eigenvalue weighted by Crippen LogP contribution is 2.62. The number of fused-ring (bicyclic) bond motifs is 12. The average molecular weight is 649 g/mol. The second kappa shape index (κ2) is 10.5. The van der Waals surface area contributed by atoms with Crippen molar-refractivity contribution in [3.63, 3.8) is 0 Å². The first-order valence-corrected chi connectivity index (χ1v) is 17.8. The van der Waals surface area contributed by atoms with Crippen LogP contribution in [0.3, 0.4) is 0 Å².